The maximum atomic E-state index is 10.8. The lowest BCUT2D eigenvalue weighted by Crippen LogP contribution is -2.45. The SMILES string of the molecule is C=C1CO[C@@H]2C[C@@H]1CC/C(C)=C/CC/C(C)=C/CC[C@@]2(C)O. The van der Waals surface area contributed by atoms with Crippen molar-refractivity contribution >= 4 is 0 Å². The van der Waals surface area contributed by atoms with E-state index in [2.05, 4.69) is 32.6 Å². The van der Waals surface area contributed by atoms with Crippen LogP contribution in [0.5, 0.6) is 0 Å². The monoisotopic (exact) mass is 304 g/mol. The van der Waals surface area contributed by atoms with E-state index in [4.69, 9.17) is 4.74 Å². The Kier molecular flexibility index (Phi) is 6.05. The van der Waals surface area contributed by atoms with Crippen molar-refractivity contribution in [2.24, 2.45) is 5.92 Å². The van der Waals surface area contributed by atoms with Crippen LogP contribution in [0.4, 0.5) is 0 Å². The van der Waals surface area contributed by atoms with Crippen LogP contribution < -0.4 is 0 Å². The van der Waals surface area contributed by atoms with Crippen LogP contribution in [0.1, 0.15) is 65.7 Å². The summed E-state index contributed by atoms with van der Waals surface area (Å²) in [6.07, 6.45) is 11.7. The third-order valence-corrected chi connectivity index (χ3v) is 5.30. The summed E-state index contributed by atoms with van der Waals surface area (Å²) in [6.45, 7) is 11.1. The maximum absolute atomic E-state index is 10.8. The number of ether oxygens (including phenoxy) is 1. The van der Waals surface area contributed by atoms with Crippen LogP contribution in [-0.2, 0) is 4.74 Å². The van der Waals surface area contributed by atoms with E-state index in [0.717, 1.165) is 44.9 Å². The van der Waals surface area contributed by atoms with Gasteiger partial charge in [-0.1, -0.05) is 29.9 Å². The molecule has 1 N–H and O–H groups in total. The Hall–Kier alpha value is -0.860. The van der Waals surface area contributed by atoms with Gasteiger partial charge in [-0.25, -0.2) is 0 Å². The molecule has 1 fully saturated rings. The summed E-state index contributed by atoms with van der Waals surface area (Å²) in [6, 6.07) is 0. The largest absolute Gasteiger partial charge is 0.387 e. The molecule has 0 aromatic rings. The van der Waals surface area contributed by atoms with Gasteiger partial charge in [0.2, 0.25) is 0 Å². The maximum Gasteiger partial charge on any atom is 0.0883 e. The summed E-state index contributed by atoms with van der Waals surface area (Å²) in [5.41, 5.74) is 3.35. The second kappa shape index (κ2) is 7.61. The van der Waals surface area contributed by atoms with Gasteiger partial charge in [0.25, 0.3) is 0 Å². The van der Waals surface area contributed by atoms with Crippen LogP contribution in [0.15, 0.2) is 35.5 Å². The Labute approximate surface area is 136 Å². The third kappa shape index (κ3) is 4.82. The van der Waals surface area contributed by atoms with E-state index in [9.17, 15) is 5.11 Å². The molecule has 2 heteroatoms. The molecule has 0 unspecified atom stereocenters. The molecule has 0 radical (unpaired) electrons. The Morgan fingerprint density at radius 1 is 1.18 bits per heavy atom. The Balaban J connectivity index is 2.14. The van der Waals surface area contributed by atoms with E-state index in [1.165, 1.54) is 16.7 Å². The molecule has 3 atom stereocenters. The molecule has 2 bridgehead atoms. The van der Waals surface area contributed by atoms with Crippen LogP contribution >= 0.6 is 0 Å². The van der Waals surface area contributed by atoms with E-state index in [1.807, 2.05) is 6.92 Å². The molecule has 1 aliphatic carbocycles. The molecular weight excluding hydrogens is 272 g/mol. The highest BCUT2D eigenvalue weighted by Crippen LogP contribution is 2.35. The molecular formula is C20H32O2. The number of hydrogen-bond donors (Lipinski definition) is 1. The molecule has 1 heterocycles. The minimum atomic E-state index is -0.745. The molecule has 0 aromatic heterocycles. The number of rotatable bonds is 0. The zero-order valence-corrected chi connectivity index (χ0v) is 14.5. The van der Waals surface area contributed by atoms with Gasteiger partial charge in [0, 0.05) is 0 Å². The molecule has 1 saturated heterocycles. The van der Waals surface area contributed by atoms with Crippen LogP contribution in [0.3, 0.4) is 0 Å². The molecule has 1 aliphatic heterocycles. The summed E-state index contributed by atoms with van der Waals surface area (Å²) in [4.78, 5) is 0. The van der Waals surface area contributed by atoms with E-state index in [0.29, 0.717) is 12.5 Å². The summed E-state index contributed by atoms with van der Waals surface area (Å²) in [5.74, 6) is 0.480. The summed E-state index contributed by atoms with van der Waals surface area (Å²) >= 11 is 0. The lowest BCUT2D eigenvalue weighted by molar-refractivity contribution is -0.118. The van der Waals surface area contributed by atoms with E-state index >= 15 is 0 Å². The summed E-state index contributed by atoms with van der Waals surface area (Å²) in [7, 11) is 0. The zero-order valence-electron chi connectivity index (χ0n) is 14.5. The first-order valence-corrected chi connectivity index (χ1v) is 8.71. The van der Waals surface area contributed by atoms with Gasteiger partial charge in [-0.05, 0) is 77.2 Å². The van der Waals surface area contributed by atoms with E-state index in [-0.39, 0.29) is 6.10 Å². The van der Waals surface area contributed by atoms with Crippen LogP contribution in [0, 0.1) is 5.92 Å². The van der Waals surface area contributed by atoms with Gasteiger partial charge in [0.15, 0.2) is 0 Å². The van der Waals surface area contributed by atoms with Crippen molar-refractivity contribution in [3.63, 3.8) is 0 Å². The fourth-order valence-electron chi connectivity index (χ4n) is 3.50. The standard InChI is InChI=1S/C20H32O2/c1-15-7-5-8-16(2)10-11-18-13-19(22-14-17(18)3)20(4,21)12-6-9-15/h8-9,18-19,21H,3,5-7,10-14H2,1-2,4H3/b15-9+,16-8+/t18-,19+,20+/m0/s1. The molecule has 2 nitrogen and oxygen atoms in total. The zero-order chi connectivity index (χ0) is 16.2. The molecule has 22 heavy (non-hydrogen) atoms. The van der Waals surface area contributed by atoms with Crippen molar-refractivity contribution in [1.29, 1.82) is 0 Å². The van der Waals surface area contributed by atoms with Gasteiger partial charge in [-0.15, -0.1) is 0 Å². The normalized spacial score (nSPS) is 40.1. The molecule has 0 spiro atoms. The lowest BCUT2D eigenvalue weighted by Gasteiger charge is -2.39. The predicted molar refractivity (Wildman–Crippen MR) is 92.8 cm³/mol. The van der Waals surface area contributed by atoms with Gasteiger partial charge in [0.05, 0.1) is 18.3 Å². The van der Waals surface area contributed by atoms with Gasteiger partial charge in [-0.3, -0.25) is 0 Å². The fraction of sp³-hybridized carbons (Fsp3) is 0.700. The molecule has 0 amide bonds. The Morgan fingerprint density at radius 2 is 1.86 bits per heavy atom. The Bertz CT molecular complexity index is 456. The second-order valence-corrected chi connectivity index (χ2v) is 7.46. The van der Waals surface area contributed by atoms with E-state index in [1.54, 1.807) is 0 Å². The highest BCUT2D eigenvalue weighted by Gasteiger charge is 2.37. The summed E-state index contributed by atoms with van der Waals surface area (Å²) < 4.78 is 5.91. The molecule has 0 saturated carbocycles. The van der Waals surface area contributed by atoms with Crippen molar-refractivity contribution < 1.29 is 9.84 Å². The minimum absolute atomic E-state index is 0.0658. The average molecular weight is 304 g/mol. The van der Waals surface area contributed by atoms with Crippen LogP contribution in [0.2, 0.25) is 0 Å². The average Bonchev–Trinajstić information content (AvgIpc) is 2.45. The van der Waals surface area contributed by atoms with Gasteiger partial charge >= 0.3 is 0 Å². The lowest BCUT2D eigenvalue weighted by atomic mass is 9.80. The van der Waals surface area contributed by atoms with Crippen molar-refractivity contribution in [3.05, 3.63) is 35.5 Å². The van der Waals surface area contributed by atoms with Crippen molar-refractivity contribution in [2.45, 2.75) is 77.4 Å². The van der Waals surface area contributed by atoms with E-state index < -0.39 is 5.60 Å². The van der Waals surface area contributed by atoms with Gasteiger partial charge < -0.3 is 9.84 Å². The predicted octanol–water partition coefficient (Wildman–Crippen LogP) is 4.95. The smallest absolute Gasteiger partial charge is 0.0883 e. The number of allylic oxidation sites excluding steroid dienone is 4. The first-order valence-electron chi connectivity index (χ1n) is 8.71. The molecule has 2 aliphatic rings. The number of hydrogen-bond acceptors (Lipinski definition) is 2. The quantitative estimate of drug-likeness (QED) is 0.642. The highest BCUT2D eigenvalue weighted by molar-refractivity contribution is 5.10. The minimum Gasteiger partial charge on any atom is -0.387 e. The first kappa shape index (κ1) is 17.5. The molecule has 2 rings (SSSR count). The third-order valence-electron chi connectivity index (χ3n) is 5.30. The van der Waals surface area contributed by atoms with Gasteiger partial charge in [-0.2, -0.15) is 0 Å². The number of aliphatic hydroxyl groups is 1. The molecule has 0 aromatic carbocycles. The van der Waals surface area contributed by atoms with Crippen molar-refractivity contribution in [1.82, 2.24) is 0 Å². The van der Waals surface area contributed by atoms with Crippen LogP contribution in [0.25, 0.3) is 0 Å². The number of fused-ring (bicyclic) bond motifs is 2. The van der Waals surface area contributed by atoms with Crippen molar-refractivity contribution in [3.8, 4) is 0 Å². The molecule has 124 valence electrons. The van der Waals surface area contributed by atoms with Crippen LogP contribution in [-0.4, -0.2) is 23.4 Å². The highest BCUT2D eigenvalue weighted by atomic mass is 16.5. The Morgan fingerprint density at radius 3 is 2.64 bits per heavy atom. The fourth-order valence-corrected chi connectivity index (χ4v) is 3.50. The van der Waals surface area contributed by atoms with Gasteiger partial charge in [0.1, 0.15) is 0 Å². The van der Waals surface area contributed by atoms with Crippen molar-refractivity contribution in [2.75, 3.05) is 6.61 Å². The summed E-state index contributed by atoms with van der Waals surface area (Å²) in [5, 5.41) is 10.8. The first-order chi connectivity index (χ1) is 10.4. The second-order valence-electron chi connectivity index (χ2n) is 7.46. The topological polar surface area (TPSA) is 29.5 Å².